The highest BCUT2D eigenvalue weighted by Crippen LogP contribution is 2.09. The van der Waals surface area contributed by atoms with Crippen molar-refractivity contribution in [3.8, 4) is 0 Å². The summed E-state index contributed by atoms with van der Waals surface area (Å²) in [5.74, 6) is 0.616. The fourth-order valence-electron chi connectivity index (χ4n) is 1.07. The molecule has 0 fully saturated rings. The Morgan fingerprint density at radius 1 is 1.41 bits per heavy atom. The van der Waals surface area contributed by atoms with Gasteiger partial charge >= 0.3 is 0 Å². The van der Waals surface area contributed by atoms with Crippen molar-refractivity contribution >= 4 is 40.6 Å². The number of rotatable bonds is 6. The van der Waals surface area contributed by atoms with E-state index in [1.165, 1.54) is 36.0 Å². The van der Waals surface area contributed by atoms with Crippen LogP contribution in [0.2, 0.25) is 0 Å². The summed E-state index contributed by atoms with van der Waals surface area (Å²) in [6.45, 7) is 0. The summed E-state index contributed by atoms with van der Waals surface area (Å²) in [5, 5.41) is 2.67. The van der Waals surface area contributed by atoms with Gasteiger partial charge in [0.25, 0.3) is 0 Å². The van der Waals surface area contributed by atoms with E-state index in [-0.39, 0.29) is 11.7 Å². The van der Waals surface area contributed by atoms with Gasteiger partial charge in [0.15, 0.2) is 0 Å². The van der Waals surface area contributed by atoms with E-state index in [4.69, 9.17) is 18.0 Å². The van der Waals surface area contributed by atoms with Gasteiger partial charge in [0.05, 0.1) is 10.7 Å². The maximum absolute atomic E-state index is 12.6. The average Bonchev–Trinajstić information content (AvgIpc) is 2.27. The fraction of sp³-hybridized carbons (Fsp3) is 0.273. The Balaban J connectivity index is 2.25. The standard InChI is InChI=1S/C11H13FN2OS2/c12-8-1-3-9(4-2-8)14-11(15)7-17-6-5-10(13)16/h1-4H,5-7H2,(H2,13,16)(H,14,15). The van der Waals surface area contributed by atoms with Gasteiger partial charge in [0.1, 0.15) is 5.82 Å². The number of hydrogen-bond donors (Lipinski definition) is 2. The second kappa shape index (κ2) is 7.24. The van der Waals surface area contributed by atoms with Crippen LogP contribution in [0.5, 0.6) is 0 Å². The molecule has 1 aromatic carbocycles. The predicted octanol–water partition coefficient (Wildman–Crippen LogP) is 2.17. The van der Waals surface area contributed by atoms with Crippen molar-refractivity contribution in [2.24, 2.45) is 5.73 Å². The molecule has 6 heteroatoms. The Hall–Kier alpha value is -1.14. The molecule has 1 amide bonds. The minimum absolute atomic E-state index is 0.121. The third-order valence-corrected chi connectivity index (χ3v) is 3.02. The zero-order valence-electron chi connectivity index (χ0n) is 9.11. The van der Waals surface area contributed by atoms with Crippen molar-refractivity contribution in [1.82, 2.24) is 0 Å². The molecular weight excluding hydrogens is 259 g/mol. The molecule has 0 aliphatic heterocycles. The topological polar surface area (TPSA) is 55.1 Å². The molecule has 0 radical (unpaired) electrons. The minimum Gasteiger partial charge on any atom is -0.393 e. The van der Waals surface area contributed by atoms with Crippen molar-refractivity contribution in [1.29, 1.82) is 0 Å². The van der Waals surface area contributed by atoms with Gasteiger partial charge < -0.3 is 11.1 Å². The van der Waals surface area contributed by atoms with Crippen LogP contribution in [-0.2, 0) is 4.79 Å². The van der Waals surface area contributed by atoms with E-state index < -0.39 is 0 Å². The molecule has 0 atom stereocenters. The van der Waals surface area contributed by atoms with Gasteiger partial charge in [-0.15, -0.1) is 0 Å². The maximum Gasteiger partial charge on any atom is 0.234 e. The SMILES string of the molecule is NC(=S)CCSCC(=O)Nc1ccc(F)cc1. The minimum atomic E-state index is -0.325. The first-order valence-corrected chi connectivity index (χ1v) is 6.55. The lowest BCUT2D eigenvalue weighted by Gasteiger charge is -2.04. The maximum atomic E-state index is 12.6. The van der Waals surface area contributed by atoms with Crippen LogP contribution < -0.4 is 11.1 Å². The van der Waals surface area contributed by atoms with Crippen molar-refractivity contribution in [3.05, 3.63) is 30.1 Å². The van der Waals surface area contributed by atoms with Crippen LogP contribution in [0.25, 0.3) is 0 Å². The summed E-state index contributed by atoms with van der Waals surface area (Å²) in [7, 11) is 0. The van der Waals surface area contributed by atoms with Gasteiger partial charge in [-0.1, -0.05) is 12.2 Å². The highest BCUT2D eigenvalue weighted by atomic mass is 32.2. The average molecular weight is 272 g/mol. The van der Waals surface area contributed by atoms with Crippen LogP contribution in [0.3, 0.4) is 0 Å². The molecule has 0 aliphatic rings. The predicted molar refractivity (Wildman–Crippen MR) is 73.8 cm³/mol. The normalized spacial score (nSPS) is 9.94. The molecule has 3 N–H and O–H groups in total. The first-order chi connectivity index (χ1) is 8.08. The molecule has 0 aliphatic carbocycles. The Labute approximate surface area is 109 Å². The van der Waals surface area contributed by atoms with E-state index in [0.717, 1.165) is 5.75 Å². The highest BCUT2D eigenvalue weighted by molar-refractivity contribution is 8.00. The van der Waals surface area contributed by atoms with Gasteiger partial charge in [0, 0.05) is 17.9 Å². The van der Waals surface area contributed by atoms with E-state index in [2.05, 4.69) is 5.32 Å². The van der Waals surface area contributed by atoms with Gasteiger partial charge in [-0.2, -0.15) is 11.8 Å². The molecule has 92 valence electrons. The van der Waals surface area contributed by atoms with Gasteiger partial charge in [-0.05, 0) is 24.3 Å². The first-order valence-electron chi connectivity index (χ1n) is 4.99. The summed E-state index contributed by atoms with van der Waals surface area (Å²) in [5.41, 5.74) is 5.92. The number of thioether (sulfide) groups is 1. The molecule has 0 saturated carbocycles. The number of carbonyl (C=O) groups excluding carboxylic acids is 1. The van der Waals surface area contributed by atoms with Crippen molar-refractivity contribution in [2.45, 2.75) is 6.42 Å². The summed E-state index contributed by atoms with van der Waals surface area (Å²) in [6, 6.07) is 5.64. The summed E-state index contributed by atoms with van der Waals surface area (Å²) < 4.78 is 12.6. The third-order valence-electron chi connectivity index (χ3n) is 1.85. The van der Waals surface area contributed by atoms with E-state index in [1.54, 1.807) is 0 Å². The monoisotopic (exact) mass is 272 g/mol. The van der Waals surface area contributed by atoms with Crippen LogP contribution in [0.4, 0.5) is 10.1 Å². The number of hydrogen-bond acceptors (Lipinski definition) is 3. The van der Waals surface area contributed by atoms with Crippen molar-refractivity contribution in [3.63, 3.8) is 0 Å². The lowest BCUT2D eigenvalue weighted by atomic mass is 10.3. The second-order valence-corrected chi connectivity index (χ2v) is 4.95. The number of benzene rings is 1. The molecule has 0 spiro atoms. The highest BCUT2D eigenvalue weighted by Gasteiger charge is 2.02. The molecule has 17 heavy (non-hydrogen) atoms. The van der Waals surface area contributed by atoms with Gasteiger partial charge in [-0.3, -0.25) is 4.79 Å². The summed E-state index contributed by atoms with van der Waals surface area (Å²) >= 11 is 6.18. The van der Waals surface area contributed by atoms with E-state index >= 15 is 0 Å². The Bertz CT molecular complexity index is 395. The zero-order valence-corrected chi connectivity index (χ0v) is 10.7. The molecular formula is C11H13FN2OS2. The van der Waals surface area contributed by atoms with Gasteiger partial charge in [0.2, 0.25) is 5.91 Å². The number of halogens is 1. The Morgan fingerprint density at radius 2 is 2.06 bits per heavy atom. The largest absolute Gasteiger partial charge is 0.393 e. The molecule has 0 aromatic heterocycles. The molecule has 0 heterocycles. The summed E-state index contributed by atoms with van der Waals surface area (Å²) in [6.07, 6.45) is 0.629. The van der Waals surface area contributed by atoms with E-state index in [1.807, 2.05) is 0 Å². The molecule has 0 saturated heterocycles. The summed E-state index contributed by atoms with van der Waals surface area (Å²) in [4.78, 5) is 11.9. The zero-order chi connectivity index (χ0) is 12.7. The van der Waals surface area contributed by atoms with Crippen LogP contribution >= 0.6 is 24.0 Å². The van der Waals surface area contributed by atoms with Crippen molar-refractivity contribution in [2.75, 3.05) is 16.8 Å². The molecule has 3 nitrogen and oxygen atoms in total. The van der Waals surface area contributed by atoms with Crippen molar-refractivity contribution < 1.29 is 9.18 Å². The van der Waals surface area contributed by atoms with Crippen LogP contribution in [0.15, 0.2) is 24.3 Å². The molecule has 0 unspecified atom stereocenters. The van der Waals surface area contributed by atoms with E-state index in [9.17, 15) is 9.18 Å². The smallest absolute Gasteiger partial charge is 0.234 e. The second-order valence-electron chi connectivity index (χ2n) is 3.32. The number of anilines is 1. The van der Waals surface area contributed by atoms with Crippen LogP contribution in [0.1, 0.15) is 6.42 Å². The lowest BCUT2D eigenvalue weighted by Crippen LogP contribution is -2.15. The quantitative estimate of drug-likeness (QED) is 0.615. The molecule has 0 bridgehead atoms. The molecule has 1 aromatic rings. The fourth-order valence-corrected chi connectivity index (χ4v) is 2.07. The number of nitrogens with one attached hydrogen (secondary N) is 1. The Morgan fingerprint density at radius 3 is 2.65 bits per heavy atom. The molecule has 1 rings (SSSR count). The Kier molecular flexibility index (Phi) is 5.93. The third kappa shape index (κ3) is 6.23. The number of nitrogens with two attached hydrogens (primary N) is 1. The van der Waals surface area contributed by atoms with Crippen LogP contribution in [-0.4, -0.2) is 22.4 Å². The first kappa shape index (κ1) is 13.9. The number of thiocarbonyl (C=S) groups is 1. The van der Waals surface area contributed by atoms with Gasteiger partial charge in [-0.25, -0.2) is 4.39 Å². The number of carbonyl (C=O) groups is 1. The van der Waals surface area contributed by atoms with Crippen LogP contribution in [0, 0.1) is 5.82 Å². The number of amides is 1. The van der Waals surface area contributed by atoms with E-state index in [0.29, 0.717) is 22.8 Å². The lowest BCUT2D eigenvalue weighted by molar-refractivity contribution is -0.113.